The minimum atomic E-state index is 0.157. The third kappa shape index (κ3) is 2.57. The Hall–Kier alpha value is -1.59. The van der Waals surface area contributed by atoms with E-state index in [0.29, 0.717) is 18.7 Å². The zero-order valence-corrected chi connectivity index (χ0v) is 10.9. The summed E-state index contributed by atoms with van der Waals surface area (Å²) in [4.78, 5) is 13.9. The van der Waals surface area contributed by atoms with Crippen LogP contribution in [0.3, 0.4) is 0 Å². The van der Waals surface area contributed by atoms with Crippen LogP contribution in [0.25, 0.3) is 0 Å². The molecule has 3 N–H and O–H groups in total. The maximum Gasteiger partial charge on any atom is 0.231 e. The lowest BCUT2D eigenvalue weighted by Gasteiger charge is -2.26. The van der Waals surface area contributed by atoms with Gasteiger partial charge in [0.25, 0.3) is 0 Å². The third-order valence-corrected chi connectivity index (χ3v) is 3.72. The van der Waals surface area contributed by atoms with Gasteiger partial charge in [-0.3, -0.25) is 4.79 Å². The zero-order chi connectivity index (χ0) is 13.2. The molecule has 0 bridgehead atoms. The van der Waals surface area contributed by atoms with Gasteiger partial charge in [-0.2, -0.15) is 0 Å². The first kappa shape index (κ1) is 12.4. The lowest BCUT2D eigenvalue weighted by molar-refractivity contribution is -0.117. The summed E-state index contributed by atoms with van der Waals surface area (Å²) in [5, 5.41) is 3.30. The fourth-order valence-electron chi connectivity index (χ4n) is 2.73. The lowest BCUT2D eigenvalue weighted by Crippen LogP contribution is -2.41. The van der Waals surface area contributed by atoms with E-state index >= 15 is 0 Å². The number of fused-ring (bicyclic) bond motifs is 1. The van der Waals surface area contributed by atoms with Crippen molar-refractivity contribution in [2.45, 2.75) is 18.9 Å². The monoisotopic (exact) mass is 261 g/mol. The molecule has 5 nitrogen and oxygen atoms in total. The summed E-state index contributed by atoms with van der Waals surface area (Å²) in [7, 11) is 0. The number of carbonyl (C=O) groups is 1. The quantitative estimate of drug-likeness (QED) is 0.779. The second-order valence-corrected chi connectivity index (χ2v) is 5.10. The molecule has 0 radical (unpaired) electrons. The number of nitrogens with one attached hydrogen (secondary N) is 1. The first-order valence-corrected chi connectivity index (χ1v) is 6.75. The van der Waals surface area contributed by atoms with E-state index in [1.165, 1.54) is 0 Å². The number of rotatable bonds is 3. The van der Waals surface area contributed by atoms with Crippen LogP contribution in [0, 0.1) is 0 Å². The summed E-state index contributed by atoms with van der Waals surface area (Å²) >= 11 is 0. The van der Waals surface area contributed by atoms with E-state index in [-0.39, 0.29) is 12.0 Å². The molecule has 1 aromatic carbocycles. The van der Waals surface area contributed by atoms with Crippen LogP contribution in [-0.4, -0.2) is 38.3 Å². The second-order valence-electron chi connectivity index (χ2n) is 5.10. The van der Waals surface area contributed by atoms with Crippen LogP contribution >= 0.6 is 0 Å². The lowest BCUT2D eigenvalue weighted by atomic mass is 10.1. The van der Waals surface area contributed by atoms with E-state index in [4.69, 9.17) is 10.5 Å². The number of morpholine rings is 1. The van der Waals surface area contributed by atoms with Gasteiger partial charge in [-0.1, -0.05) is 0 Å². The highest BCUT2D eigenvalue weighted by Crippen LogP contribution is 2.30. The van der Waals surface area contributed by atoms with Crippen molar-refractivity contribution < 1.29 is 9.53 Å². The Bertz CT molecular complexity index is 484. The summed E-state index contributed by atoms with van der Waals surface area (Å²) in [5.74, 6) is 0.157. The topological polar surface area (TPSA) is 67.6 Å². The molecule has 2 aliphatic rings. The van der Waals surface area contributed by atoms with Gasteiger partial charge in [-0.05, 0) is 30.2 Å². The molecule has 3 rings (SSSR count). The number of nitrogen functional groups attached to an aromatic ring is 1. The molecular formula is C14H19N3O2. The van der Waals surface area contributed by atoms with Crippen LogP contribution in [0.15, 0.2) is 18.2 Å². The van der Waals surface area contributed by atoms with Crippen LogP contribution in [0.5, 0.6) is 0 Å². The van der Waals surface area contributed by atoms with Gasteiger partial charge >= 0.3 is 0 Å². The van der Waals surface area contributed by atoms with Crippen molar-refractivity contribution in [2.24, 2.45) is 0 Å². The van der Waals surface area contributed by atoms with E-state index < -0.39 is 0 Å². The number of amides is 1. The van der Waals surface area contributed by atoms with Crippen molar-refractivity contribution in [2.75, 3.05) is 36.9 Å². The molecule has 0 aliphatic carbocycles. The van der Waals surface area contributed by atoms with E-state index in [1.54, 1.807) is 0 Å². The molecule has 1 unspecified atom stereocenters. The minimum absolute atomic E-state index is 0.157. The number of hydrogen-bond donors (Lipinski definition) is 2. The Morgan fingerprint density at radius 1 is 1.47 bits per heavy atom. The standard InChI is InChI=1S/C14H19N3O2/c15-11-1-2-13-10(7-11)8-14(18)17(13)5-3-12-9-16-4-6-19-12/h1-2,7,12,16H,3-6,8-9,15H2. The predicted molar refractivity (Wildman–Crippen MR) is 74.1 cm³/mol. The van der Waals surface area contributed by atoms with Crippen LogP contribution < -0.4 is 16.0 Å². The van der Waals surface area contributed by atoms with Gasteiger partial charge < -0.3 is 20.7 Å². The molecule has 1 atom stereocenters. The van der Waals surface area contributed by atoms with Gasteiger partial charge in [0.15, 0.2) is 0 Å². The Labute approximate surface area is 112 Å². The first-order chi connectivity index (χ1) is 9.24. The Morgan fingerprint density at radius 2 is 2.37 bits per heavy atom. The summed E-state index contributed by atoms with van der Waals surface area (Å²) in [6, 6.07) is 5.69. The van der Waals surface area contributed by atoms with Gasteiger partial charge in [0.2, 0.25) is 5.91 Å². The van der Waals surface area contributed by atoms with Crippen molar-refractivity contribution in [1.82, 2.24) is 5.32 Å². The maximum atomic E-state index is 12.0. The van der Waals surface area contributed by atoms with Crippen molar-refractivity contribution in [1.29, 1.82) is 0 Å². The van der Waals surface area contributed by atoms with Crippen molar-refractivity contribution in [3.05, 3.63) is 23.8 Å². The Kier molecular flexibility index (Phi) is 3.40. The average Bonchev–Trinajstić information content (AvgIpc) is 2.72. The number of ether oxygens (including phenoxy) is 1. The molecule has 1 saturated heterocycles. The molecule has 1 amide bonds. The fraction of sp³-hybridized carbons (Fsp3) is 0.500. The molecule has 1 fully saturated rings. The largest absolute Gasteiger partial charge is 0.399 e. The summed E-state index contributed by atoms with van der Waals surface area (Å²) < 4.78 is 5.66. The molecular weight excluding hydrogens is 242 g/mol. The van der Waals surface area contributed by atoms with Gasteiger partial charge in [0.1, 0.15) is 0 Å². The van der Waals surface area contributed by atoms with Crippen molar-refractivity contribution >= 4 is 17.3 Å². The molecule has 0 spiro atoms. The van der Waals surface area contributed by atoms with E-state index in [2.05, 4.69) is 5.32 Å². The highest BCUT2D eigenvalue weighted by molar-refractivity contribution is 6.01. The van der Waals surface area contributed by atoms with Crippen LogP contribution in [-0.2, 0) is 16.0 Å². The number of carbonyl (C=O) groups excluding carboxylic acids is 1. The van der Waals surface area contributed by atoms with E-state index in [0.717, 1.165) is 37.4 Å². The van der Waals surface area contributed by atoms with Crippen LogP contribution in [0.2, 0.25) is 0 Å². The van der Waals surface area contributed by atoms with Gasteiger partial charge in [-0.25, -0.2) is 0 Å². The SMILES string of the molecule is Nc1ccc2c(c1)CC(=O)N2CCC1CNCCO1. The molecule has 0 aromatic heterocycles. The highest BCUT2D eigenvalue weighted by atomic mass is 16.5. The zero-order valence-electron chi connectivity index (χ0n) is 10.9. The first-order valence-electron chi connectivity index (χ1n) is 6.75. The molecule has 0 saturated carbocycles. The summed E-state index contributed by atoms with van der Waals surface area (Å²) in [6.45, 7) is 3.26. The molecule has 2 heterocycles. The second kappa shape index (κ2) is 5.19. The highest BCUT2D eigenvalue weighted by Gasteiger charge is 2.27. The smallest absolute Gasteiger partial charge is 0.231 e. The molecule has 102 valence electrons. The van der Waals surface area contributed by atoms with Crippen LogP contribution in [0.4, 0.5) is 11.4 Å². The van der Waals surface area contributed by atoms with Crippen LogP contribution in [0.1, 0.15) is 12.0 Å². The molecule has 1 aromatic rings. The van der Waals surface area contributed by atoms with Crippen molar-refractivity contribution in [3.8, 4) is 0 Å². The van der Waals surface area contributed by atoms with Crippen molar-refractivity contribution in [3.63, 3.8) is 0 Å². The number of nitrogens with two attached hydrogens (primary N) is 1. The third-order valence-electron chi connectivity index (χ3n) is 3.72. The normalized spacial score (nSPS) is 22.6. The van der Waals surface area contributed by atoms with Gasteiger partial charge in [-0.15, -0.1) is 0 Å². The van der Waals surface area contributed by atoms with Gasteiger partial charge in [0.05, 0.1) is 19.1 Å². The Balaban J connectivity index is 1.66. The minimum Gasteiger partial charge on any atom is -0.399 e. The Morgan fingerprint density at radius 3 is 3.16 bits per heavy atom. The summed E-state index contributed by atoms with van der Waals surface area (Å²) in [6.07, 6.45) is 1.53. The van der Waals surface area contributed by atoms with E-state index in [1.807, 2.05) is 23.1 Å². The number of anilines is 2. The average molecular weight is 261 g/mol. The molecule has 19 heavy (non-hydrogen) atoms. The van der Waals surface area contributed by atoms with E-state index in [9.17, 15) is 4.79 Å². The maximum absolute atomic E-state index is 12.0. The predicted octanol–water partition coefficient (Wildman–Crippen LogP) is 0.536. The fourth-order valence-corrected chi connectivity index (χ4v) is 2.73. The number of hydrogen-bond acceptors (Lipinski definition) is 4. The molecule has 2 aliphatic heterocycles. The number of nitrogens with zero attached hydrogens (tertiary/aromatic N) is 1. The number of benzene rings is 1. The molecule has 5 heteroatoms. The summed E-state index contributed by atoms with van der Waals surface area (Å²) in [5.41, 5.74) is 8.51. The van der Waals surface area contributed by atoms with Gasteiger partial charge in [0, 0.05) is 31.0 Å².